The van der Waals surface area contributed by atoms with Crippen LogP contribution in [0.2, 0.25) is 0 Å². The lowest BCUT2D eigenvalue weighted by atomic mass is 9.75. The van der Waals surface area contributed by atoms with Crippen LogP contribution in [0.4, 0.5) is 0 Å². The number of hydrogen-bond acceptors (Lipinski definition) is 3. The maximum atomic E-state index is 5.29. The zero-order valence-corrected chi connectivity index (χ0v) is 13.0. The highest BCUT2D eigenvalue weighted by molar-refractivity contribution is 7.98. The Labute approximate surface area is 121 Å². The Morgan fingerprint density at radius 3 is 2.89 bits per heavy atom. The number of ether oxygens (including phenoxy) is 1. The molecular formula is C16H25NOS. The lowest BCUT2D eigenvalue weighted by Crippen LogP contribution is -2.42. The summed E-state index contributed by atoms with van der Waals surface area (Å²) < 4.78 is 5.29. The van der Waals surface area contributed by atoms with Gasteiger partial charge in [-0.15, -0.1) is 0 Å². The SMILES string of the molecule is COc1cccc(C2CC(NCC(C)CSC)C2)c1. The molecule has 19 heavy (non-hydrogen) atoms. The molecule has 1 atom stereocenters. The summed E-state index contributed by atoms with van der Waals surface area (Å²) in [7, 11) is 1.73. The van der Waals surface area contributed by atoms with E-state index in [1.165, 1.54) is 24.2 Å². The van der Waals surface area contributed by atoms with Crippen molar-refractivity contribution in [3.63, 3.8) is 0 Å². The van der Waals surface area contributed by atoms with Gasteiger partial charge in [-0.05, 0) is 60.9 Å². The number of rotatable bonds is 7. The molecule has 1 fully saturated rings. The molecule has 1 aliphatic carbocycles. The van der Waals surface area contributed by atoms with Crippen LogP contribution in [0, 0.1) is 5.92 Å². The fraction of sp³-hybridized carbons (Fsp3) is 0.625. The first-order valence-electron chi connectivity index (χ1n) is 7.09. The van der Waals surface area contributed by atoms with Crippen LogP contribution in [0.3, 0.4) is 0 Å². The average molecular weight is 279 g/mol. The lowest BCUT2D eigenvalue weighted by molar-refractivity contribution is 0.281. The summed E-state index contributed by atoms with van der Waals surface area (Å²) in [4.78, 5) is 0. The first kappa shape index (κ1) is 14.7. The minimum atomic E-state index is 0.709. The lowest BCUT2D eigenvalue weighted by Gasteiger charge is -2.37. The fourth-order valence-electron chi connectivity index (χ4n) is 2.66. The molecule has 0 saturated heterocycles. The van der Waals surface area contributed by atoms with Crippen LogP contribution in [0.5, 0.6) is 5.75 Å². The maximum absolute atomic E-state index is 5.29. The molecule has 1 N–H and O–H groups in total. The molecule has 0 aliphatic heterocycles. The highest BCUT2D eigenvalue weighted by Crippen LogP contribution is 2.37. The van der Waals surface area contributed by atoms with Crippen molar-refractivity contribution in [2.75, 3.05) is 25.7 Å². The molecule has 0 bridgehead atoms. The van der Waals surface area contributed by atoms with Crippen molar-refractivity contribution in [1.29, 1.82) is 0 Å². The largest absolute Gasteiger partial charge is 0.497 e. The second kappa shape index (κ2) is 7.20. The molecule has 0 spiro atoms. The second-order valence-corrected chi connectivity index (χ2v) is 6.52. The predicted octanol–water partition coefficient (Wildman–Crippen LogP) is 3.53. The Balaban J connectivity index is 1.73. The summed E-state index contributed by atoms with van der Waals surface area (Å²) in [5, 5.41) is 3.69. The maximum Gasteiger partial charge on any atom is 0.119 e. The molecule has 106 valence electrons. The molecule has 1 aromatic carbocycles. The van der Waals surface area contributed by atoms with E-state index in [2.05, 4.69) is 36.7 Å². The summed E-state index contributed by atoms with van der Waals surface area (Å²) in [6.07, 6.45) is 4.71. The minimum Gasteiger partial charge on any atom is -0.497 e. The number of nitrogens with one attached hydrogen (secondary N) is 1. The summed E-state index contributed by atoms with van der Waals surface area (Å²) in [6.45, 7) is 3.47. The second-order valence-electron chi connectivity index (χ2n) is 5.61. The first-order chi connectivity index (χ1) is 9.22. The number of thioether (sulfide) groups is 1. The number of methoxy groups -OCH3 is 1. The van der Waals surface area contributed by atoms with E-state index in [9.17, 15) is 0 Å². The molecule has 1 aliphatic rings. The van der Waals surface area contributed by atoms with Crippen molar-refractivity contribution in [2.45, 2.75) is 31.7 Å². The predicted molar refractivity (Wildman–Crippen MR) is 84.3 cm³/mol. The first-order valence-corrected chi connectivity index (χ1v) is 8.48. The van der Waals surface area contributed by atoms with Crippen LogP contribution in [0.25, 0.3) is 0 Å². The molecule has 2 nitrogen and oxygen atoms in total. The molecule has 1 saturated carbocycles. The topological polar surface area (TPSA) is 21.3 Å². The summed E-state index contributed by atoms with van der Waals surface area (Å²) >= 11 is 1.93. The van der Waals surface area contributed by atoms with Crippen LogP contribution in [0.1, 0.15) is 31.2 Å². The Hall–Kier alpha value is -0.670. The molecule has 0 radical (unpaired) electrons. The van der Waals surface area contributed by atoms with E-state index in [1.807, 2.05) is 17.8 Å². The van der Waals surface area contributed by atoms with Gasteiger partial charge < -0.3 is 10.1 Å². The van der Waals surface area contributed by atoms with Crippen molar-refractivity contribution >= 4 is 11.8 Å². The highest BCUT2D eigenvalue weighted by Gasteiger charge is 2.30. The summed E-state index contributed by atoms with van der Waals surface area (Å²) in [5.74, 6) is 3.70. The molecule has 1 aromatic rings. The zero-order valence-electron chi connectivity index (χ0n) is 12.2. The summed E-state index contributed by atoms with van der Waals surface area (Å²) in [5.41, 5.74) is 1.43. The normalized spacial score (nSPS) is 23.7. The third kappa shape index (κ3) is 4.15. The van der Waals surface area contributed by atoms with Crippen molar-refractivity contribution in [2.24, 2.45) is 5.92 Å². The monoisotopic (exact) mass is 279 g/mol. The van der Waals surface area contributed by atoms with Crippen LogP contribution in [0.15, 0.2) is 24.3 Å². The van der Waals surface area contributed by atoms with E-state index in [-0.39, 0.29) is 0 Å². The van der Waals surface area contributed by atoms with Gasteiger partial charge >= 0.3 is 0 Å². The van der Waals surface area contributed by atoms with Crippen molar-refractivity contribution in [1.82, 2.24) is 5.32 Å². The molecular weight excluding hydrogens is 254 g/mol. The Morgan fingerprint density at radius 2 is 2.21 bits per heavy atom. The standard InChI is InChI=1S/C16H25NOS/c1-12(11-19-3)10-17-15-7-14(8-15)13-5-4-6-16(9-13)18-2/h4-6,9,12,14-15,17H,7-8,10-11H2,1-3H3. The average Bonchev–Trinajstić information content (AvgIpc) is 2.37. The van der Waals surface area contributed by atoms with E-state index in [0.717, 1.165) is 18.2 Å². The fourth-order valence-corrected chi connectivity index (χ4v) is 3.35. The zero-order chi connectivity index (χ0) is 13.7. The van der Waals surface area contributed by atoms with E-state index < -0.39 is 0 Å². The van der Waals surface area contributed by atoms with Gasteiger partial charge in [-0.2, -0.15) is 11.8 Å². The van der Waals surface area contributed by atoms with Crippen LogP contribution in [-0.4, -0.2) is 31.7 Å². The van der Waals surface area contributed by atoms with Crippen molar-refractivity contribution in [3.05, 3.63) is 29.8 Å². The molecule has 1 unspecified atom stereocenters. The Bertz CT molecular complexity index is 390. The molecule has 0 amide bonds. The molecule has 2 rings (SSSR count). The third-order valence-corrected chi connectivity index (χ3v) is 4.81. The smallest absolute Gasteiger partial charge is 0.119 e. The molecule has 3 heteroatoms. The van der Waals surface area contributed by atoms with Crippen LogP contribution < -0.4 is 10.1 Å². The van der Waals surface area contributed by atoms with Gasteiger partial charge in [0.15, 0.2) is 0 Å². The quantitative estimate of drug-likeness (QED) is 0.825. The molecule has 0 aromatic heterocycles. The molecule has 0 heterocycles. The van der Waals surface area contributed by atoms with Gasteiger partial charge in [0.2, 0.25) is 0 Å². The van der Waals surface area contributed by atoms with Crippen LogP contribution in [-0.2, 0) is 0 Å². The highest BCUT2D eigenvalue weighted by atomic mass is 32.2. The van der Waals surface area contributed by atoms with Crippen molar-refractivity contribution < 1.29 is 4.74 Å². The Morgan fingerprint density at radius 1 is 1.42 bits per heavy atom. The van der Waals surface area contributed by atoms with E-state index >= 15 is 0 Å². The van der Waals surface area contributed by atoms with Crippen molar-refractivity contribution in [3.8, 4) is 5.75 Å². The van der Waals surface area contributed by atoms with Gasteiger partial charge in [-0.25, -0.2) is 0 Å². The minimum absolute atomic E-state index is 0.709. The number of benzene rings is 1. The van der Waals surface area contributed by atoms with E-state index in [4.69, 9.17) is 4.74 Å². The van der Waals surface area contributed by atoms with Crippen LogP contribution >= 0.6 is 11.8 Å². The van der Waals surface area contributed by atoms with Gasteiger partial charge in [0.25, 0.3) is 0 Å². The van der Waals surface area contributed by atoms with Gasteiger partial charge in [0, 0.05) is 6.04 Å². The summed E-state index contributed by atoms with van der Waals surface area (Å²) in [6, 6.07) is 9.22. The van der Waals surface area contributed by atoms with E-state index in [1.54, 1.807) is 7.11 Å². The van der Waals surface area contributed by atoms with Gasteiger partial charge in [-0.1, -0.05) is 19.1 Å². The van der Waals surface area contributed by atoms with Gasteiger partial charge in [0.05, 0.1) is 7.11 Å². The number of hydrogen-bond donors (Lipinski definition) is 1. The van der Waals surface area contributed by atoms with Gasteiger partial charge in [0.1, 0.15) is 5.75 Å². The van der Waals surface area contributed by atoms with Gasteiger partial charge in [-0.3, -0.25) is 0 Å². The Kier molecular flexibility index (Phi) is 5.59. The van der Waals surface area contributed by atoms with E-state index in [0.29, 0.717) is 12.0 Å². The third-order valence-electron chi connectivity index (χ3n) is 3.91.